The lowest BCUT2D eigenvalue weighted by Crippen LogP contribution is -2.48. The normalized spacial score (nSPS) is 17.3. The zero-order valence-electron chi connectivity index (χ0n) is 16.3. The third-order valence-corrected chi connectivity index (χ3v) is 6.56. The Balaban J connectivity index is 1.32. The molecule has 3 amide bonds. The number of rotatable bonds is 3. The summed E-state index contributed by atoms with van der Waals surface area (Å²) < 4.78 is 0.797. The van der Waals surface area contributed by atoms with Crippen LogP contribution in [0.3, 0.4) is 0 Å². The minimum Gasteiger partial charge on any atom is -0.368 e. The molecule has 30 heavy (non-hydrogen) atoms. The maximum absolute atomic E-state index is 13.0. The van der Waals surface area contributed by atoms with Gasteiger partial charge in [0.1, 0.15) is 0 Å². The number of thiazole rings is 1. The molecule has 0 unspecified atom stereocenters. The molecular weight excluding hydrogens is 400 g/mol. The van der Waals surface area contributed by atoms with Gasteiger partial charge in [0.25, 0.3) is 5.91 Å². The summed E-state index contributed by atoms with van der Waals surface area (Å²) in [6, 6.07) is 15.6. The van der Waals surface area contributed by atoms with E-state index >= 15 is 0 Å². The number of benzene rings is 2. The van der Waals surface area contributed by atoms with Gasteiger partial charge in [-0.2, -0.15) is 0 Å². The minimum atomic E-state index is -0.216. The molecule has 7 nitrogen and oxygen atoms in total. The van der Waals surface area contributed by atoms with E-state index < -0.39 is 0 Å². The van der Waals surface area contributed by atoms with Gasteiger partial charge >= 0.3 is 0 Å². The first-order valence-electron chi connectivity index (χ1n) is 9.96. The van der Waals surface area contributed by atoms with Gasteiger partial charge in [-0.05, 0) is 30.3 Å². The van der Waals surface area contributed by atoms with Crippen LogP contribution in [0.4, 0.5) is 10.8 Å². The molecular formula is C22H20N4O3S. The van der Waals surface area contributed by atoms with E-state index in [1.165, 1.54) is 17.0 Å². The lowest BCUT2D eigenvalue weighted by molar-refractivity contribution is -0.121. The molecule has 2 fully saturated rings. The Bertz CT molecular complexity index is 1120. The number of carbonyl (C=O) groups excluding carboxylic acids is 3. The second kappa shape index (κ2) is 7.53. The van der Waals surface area contributed by atoms with E-state index in [0.29, 0.717) is 29.3 Å². The largest absolute Gasteiger partial charge is 0.368 e. The molecule has 3 aromatic rings. The zero-order chi connectivity index (χ0) is 20.7. The average Bonchev–Trinajstić information content (AvgIpc) is 3.35. The fourth-order valence-electron chi connectivity index (χ4n) is 3.92. The van der Waals surface area contributed by atoms with Crippen LogP contribution >= 0.6 is 11.3 Å². The highest BCUT2D eigenvalue weighted by Crippen LogP contribution is 2.32. The molecule has 0 spiro atoms. The van der Waals surface area contributed by atoms with Crippen molar-refractivity contribution in [2.24, 2.45) is 0 Å². The van der Waals surface area contributed by atoms with Crippen LogP contribution in [0.15, 0.2) is 48.5 Å². The molecule has 152 valence electrons. The predicted octanol–water partition coefficient (Wildman–Crippen LogP) is 2.91. The standard InChI is InChI=1S/C22H20N4O3S/c27-19-8-9-20(28)26(19)22-23-17-7-6-15(14-18(17)30-22)21(29)25-12-10-24(11-13-25)16-4-2-1-3-5-16/h1-7,14H,8-13H2. The third-order valence-electron chi connectivity index (χ3n) is 5.56. The number of fused-ring (bicyclic) bond motifs is 1. The van der Waals surface area contributed by atoms with Gasteiger partial charge in [0.05, 0.1) is 10.2 Å². The van der Waals surface area contributed by atoms with Crippen LogP contribution in [0.2, 0.25) is 0 Å². The number of carbonyl (C=O) groups is 3. The molecule has 5 rings (SSSR count). The summed E-state index contributed by atoms with van der Waals surface area (Å²) in [6.07, 6.45) is 0.459. The van der Waals surface area contributed by atoms with Crippen molar-refractivity contribution >= 4 is 50.1 Å². The Morgan fingerprint density at radius 1 is 0.900 bits per heavy atom. The summed E-state index contributed by atoms with van der Waals surface area (Å²) in [5.41, 5.74) is 2.46. The topological polar surface area (TPSA) is 73.8 Å². The number of piperazine rings is 1. The number of amides is 3. The summed E-state index contributed by atoms with van der Waals surface area (Å²) in [7, 11) is 0. The minimum absolute atomic E-state index is 0.00659. The molecule has 0 bridgehead atoms. The highest BCUT2D eigenvalue weighted by atomic mass is 32.1. The summed E-state index contributed by atoms with van der Waals surface area (Å²) in [6.45, 7) is 2.91. The Kier molecular flexibility index (Phi) is 4.71. The monoisotopic (exact) mass is 420 g/mol. The second-order valence-electron chi connectivity index (χ2n) is 7.42. The van der Waals surface area contributed by atoms with E-state index in [2.05, 4.69) is 22.0 Å². The van der Waals surface area contributed by atoms with Gasteiger partial charge in [-0.15, -0.1) is 0 Å². The van der Waals surface area contributed by atoms with E-state index in [4.69, 9.17) is 0 Å². The maximum atomic E-state index is 13.0. The summed E-state index contributed by atoms with van der Waals surface area (Å²) in [5, 5.41) is 0.388. The van der Waals surface area contributed by atoms with Crippen molar-refractivity contribution in [2.75, 3.05) is 36.0 Å². The van der Waals surface area contributed by atoms with Crippen LogP contribution in [0, 0.1) is 0 Å². The molecule has 0 saturated carbocycles. The van der Waals surface area contributed by atoms with Crippen molar-refractivity contribution in [1.82, 2.24) is 9.88 Å². The molecule has 0 radical (unpaired) electrons. The van der Waals surface area contributed by atoms with Gasteiger partial charge in [0.15, 0.2) is 5.13 Å². The summed E-state index contributed by atoms with van der Waals surface area (Å²) >= 11 is 1.27. The third kappa shape index (κ3) is 3.33. The highest BCUT2D eigenvalue weighted by Gasteiger charge is 2.32. The van der Waals surface area contributed by atoms with Crippen molar-refractivity contribution in [3.05, 3.63) is 54.1 Å². The van der Waals surface area contributed by atoms with E-state index in [-0.39, 0.29) is 30.6 Å². The van der Waals surface area contributed by atoms with Crippen LogP contribution in [0.5, 0.6) is 0 Å². The van der Waals surface area contributed by atoms with Crippen LogP contribution in [0.1, 0.15) is 23.2 Å². The number of nitrogens with zero attached hydrogens (tertiary/aromatic N) is 4. The van der Waals surface area contributed by atoms with Crippen LogP contribution < -0.4 is 9.80 Å². The molecule has 8 heteroatoms. The van der Waals surface area contributed by atoms with Crippen molar-refractivity contribution in [1.29, 1.82) is 0 Å². The molecule has 1 aromatic heterocycles. The smallest absolute Gasteiger partial charge is 0.254 e. The van der Waals surface area contributed by atoms with E-state index in [9.17, 15) is 14.4 Å². The molecule has 0 atom stereocenters. The summed E-state index contributed by atoms with van der Waals surface area (Å²) in [4.78, 5) is 46.7. The van der Waals surface area contributed by atoms with Gasteiger partial charge in [0, 0.05) is 50.3 Å². The second-order valence-corrected chi connectivity index (χ2v) is 8.43. The first-order chi connectivity index (χ1) is 14.6. The fraction of sp³-hybridized carbons (Fsp3) is 0.273. The quantitative estimate of drug-likeness (QED) is 0.609. The van der Waals surface area contributed by atoms with Crippen LogP contribution in [0.25, 0.3) is 10.2 Å². The molecule has 2 aromatic carbocycles. The average molecular weight is 420 g/mol. The Morgan fingerprint density at radius 3 is 2.30 bits per heavy atom. The van der Waals surface area contributed by atoms with Gasteiger partial charge in [-0.25, -0.2) is 9.88 Å². The molecule has 2 aliphatic rings. The lowest BCUT2D eigenvalue weighted by atomic mass is 10.1. The molecule has 2 saturated heterocycles. The van der Waals surface area contributed by atoms with Crippen molar-refractivity contribution in [2.45, 2.75) is 12.8 Å². The van der Waals surface area contributed by atoms with Crippen LogP contribution in [-0.4, -0.2) is 53.8 Å². The first kappa shape index (κ1) is 18.7. The van der Waals surface area contributed by atoms with Crippen molar-refractivity contribution in [3.8, 4) is 0 Å². The zero-order valence-corrected chi connectivity index (χ0v) is 17.1. The Morgan fingerprint density at radius 2 is 1.60 bits per heavy atom. The van der Waals surface area contributed by atoms with Gasteiger partial charge < -0.3 is 9.80 Å². The molecule has 2 aliphatic heterocycles. The van der Waals surface area contributed by atoms with Crippen molar-refractivity contribution < 1.29 is 14.4 Å². The molecule has 3 heterocycles. The Hall–Kier alpha value is -3.26. The number of para-hydroxylation sites is 1. The number of imide groups is 1. The van der Waals surface area contributed by atoms with Crippen molar-refractivity contribution in [3.63, 3.8) is 0 Å². The Labute approximate surface area is 177 Å². The molecule has 0 aliphatic carbocycles. The van der Waals surface area contributed by atoms with E-state index in [0.717, 1.165) is 22.7 Å². The van der Waals surface area contributed by atoms with E-state index in [1.807, 2.05) is 29.2 Å². The SMILES string of the molecule is O=C(c1ccc2nc(N3C(=O)CCC3=O)sc2c1)N1CCN(c2ccccc2)CC1. The van der Waals surface area contributed by atoms with Gasteiger partial charge in [-0.1, -0.05) is 29.5 Å². The number of hydrogen-bond acceptors (Lipinski definition) is 6. The van der Waals surface area contributed by atoms with Gasteiger partial charge in [0.2, 0.25) is 11.8 Å². The van der Waals surface area contributed by atoms with E-state index in [1.54, 1.807) is 12.1 Å². The number of hydrogen-bond donors (Lipinski definition) is 0. The van der Waals surface area contributed by atoms with Gasteiger partial charge in [-0.3, -0.25) is 14.4 Å². The number of aromatic nitrogens is 1. The maximum Gasteiger partial charge on any atom is 0.254 e. The lowest BCUT2D eigenvalue weighted by Gasteiger charge is -2.36. The summed E-state index contributed by atoms with van der Waals surface area (Å²) in [5.74, 6) is -0.439. The highest BCUT2D eigenvalue weighted by molar-refractivity contribution is 7.22. The predicted molar refractivity (Wildman–Crippen MR) is 116 cm³/mol. The molecule has 0 N–H and O–H groups in total. The van der Waals surface area contributed by atoms with Crippen LogP contribution in [-0.2, 0) is 9.59 Å². The number of anilines is 2. The fourth-order valence-corrected chi connectivity index (χ4v) is 4.96. The first-order valence-corrected chi connectivity index (χ1v) is 10.8.